The molecule has 6 heteroatoms. The number of hydrogen-bond donors (Lipinski definition) is 2. The first-order valence-corrected chi connectivity index (χ1v) is 8.95. The highest BCUT2D eigenvalue weighted by Gasteiger charge is 2.19. The molecule has 1 unspecified atom stereocenters. The highest BCUT2D eigenvalue weighted by Crippen LogP contribution is 2.28. The molecule has 2 N–H and O–H groups in total. The van der Waals surface area contributed by atoms with Gasteiger partial charge in [-0.1, -0.05) is 18.2 Å². The molecule has 1 atom stereocenters. The van der Waals surface area contributed by atoms with E-state index in [1.165, 1.54) is 4.88 Å². The zero-order valence-corrected chi connectivity index (χ0v) is 14.5. The largest absolute Gasteiger partial charge is 0.348 e. The van der Waals surface area contributed by atoms with Crippen molar-refractivity contribution in [1.82, 2.24) is 10.6 Å². The molecule has 0 aliphatic carbocycles. The molecule has 3 nitrogen and oxygen atoms in total. The van der Waals surface area contributed by atoms with Gasteiger partial charge in [0.2, 0.25) is 0 Å². The van der Waals surface area contributed by atoms with E-state index < -0.39 is 0 Å². The van der Waals surface area contributed by atoms with Crippen LogP contribution in [0, 0.1) is 0 Å². The maximum absolute atomic E-state index is 12.4. The molecule has 1 fully saturated rings. The van der Waals surface area contributed by atoms with Crippen molar-refractivity contribution in [3.05, 3.63) is 52.2 Å². The van der Waals surface area contributed by atoms with Gasteiger partial charge in [-0.25, -0.2) is 0 Å². The molecule has 22 heavy (non-hydrogen) atoms. The van der Waals surface area contributed by atoms with Gasteiger partial charge < -0.3 is 10.6 Å². The summed E-state index contributed by atoms with van der Waals surface area (Å²) in [6.07, 6.45) is 1.01. The average Bonchev–Trinajstić information content (AvgIpc) is 3.18. The molecular formula is C16H19ClN2OS2. The van der Waals surface area contributed by atoms with Crippen LogP contribution in [0.1, 0.15) is 21.7 Å². The molecule has 0 radical (unpaired) electrons. The summed E-state index contributed by atoms with van der Waals surface area (Å²) in [6.45, 7) is 1.86. The Morgan fingerprint density at radius 3 is 2.91 bits per heavy atom. The molecule has 3 rings (SSSR count). The van der Waals surface area contributed by atoms with E-state index in [2.05, 4.69) is 28.1 Å². The van der Waals surface area contributed by atoms with Gasteiger partial charge in [0.25, 0.3) is 5.91 Å². The number of nitrogens with one attached hydrogen (secondary N) is 2. The van der Waals surface area contributed by atoms with Crippen LogP contribution in [0.15, 0.2) is 46.7 Å². The number of rotatable bonds is 5. The van der Waals surface area contributed by atoms with E-state index in [9.17, 15) is 4.79 Å². The zero-order valence-electron chi connectivity index (χ0n) is 12.1. The zero-order chi connectivity index (χ0) is 14.5. The molecule has 1 amide bonds. The molecule has 2 aromatic rings. The molecule has 0 saturated carbocycles. The summed E-state index contributed by atoms with van der Waals surface area (Å²) in [5.74, 6) is 0.949. The van der Waals surface area contributed by atoms with E-state index >= 15 is 0 Å². The molecule has 1 aromatic heterocycles. The van der Waals surface area contributed by atoms with Gasteiger partial charge in [-0.2, -0.15) is 0 Å². The lowest BCUT2D eigenvalue weighted by Gasteiger charge is -2.13. The molecule has 2 heterocycles. The van der Waals surface area contributed by atoms with E-state index in [-0.39, 0.29) is 24.4 Å². The lowest BCUT2D eigenvalue weighted by Crippen LogP contribution is -2.36. The van der Waals surface area contributed by atoms with Crippen molar-refractivity contribution >= 4 is 41.4 Å². The number of carbonyl (C=O) groups excluding carboxylic acids is 1. The first-order valence-electron chi connectivity index (χ1n) is 7.09. The minimum absolute atomic E-state index is 0. The molecule has 118 valence electrons. The van der Waals surface area contributed by atoms with Crippen LogP contribution in [-0.4, -0.2) is 25.0 Å². The van der Waals surface area contributed by atoms with Crippen molar-refractivity contribution in [2.45, 2.75) is 23.1 Å². The molecule has 0 bridgehead atoms. The maximum Gasteiger partial charge on any atom is 0.252 e. The summed E-state index contributed by atoms with van der Waals surface area (Å²) in [5.41, 5.74) is 0.783. The molecular weight excluding hydrogens is 336 g/mol. The van der Waals surface area contributed by atoms with E-state index in [1.807, 2.05) is 24.3 Å². The summed E-state index contributed by atoms with van der Waals surface area (Å²) >= 11 is 3.48. The molecule has 1 aromatic carbocycles. The van der Waals surface area contributed by atoms with Crippen LogP contribution in [0.25, 0.3) is 0 Å². The van der Waals surface area contributed by atoms with Gasteiger partial charge in [-0.3, -0.25) is 4.79 Å². The van der Waals surface area contributed by atoms with Gasteiger partial charge in [-0.05, 0) is 36.5 Å². The fourth-order valence-corrected chi connectivity index (χ4v) is 4.19. The SMILES string of the molecule is Cl.O=C(NC1CCNC1)c1ccccc1SCc1cccs1. The lowest BCUT2D eigenvalue weighted by molar-refractivity contribution is 0.0937. The van der Waals surface area contributed by atoms with E-state index in [0.29, 0.717) is 0 Å². The predicted molar refractivity (Wildman–Crippen MR) is 96.3 cm³/mol. The highest BCUT2D eigenvalue weighted by atomic mass is 35.5. The Labute approximate surface area is 145 Å². The van der Waals surface area contributed by atoms with Crippen LogP contribution < -0.4 is 10.6 Å². The standard InChI is InChI=1S/C16H18N2OS2.ClH/c19-16(18-12-7-8-17-10-12)14-5-1-2-6-15(14)21-11-13-4-3-9-20-13;/h1-6,9,12,17H,7-8,10-11H2,(H,18,19);1H. The third kappa shape index (κ3) is 4.49. The first-order chi connectivity index (χ1) is 10.3. The number of carbonyl (C=O) groups is 1. The smallest absolute Gasteiger partial charge is 0.252 e. The van der Waals surface area contributed by atoms with Gasteiger partial charge >= 0.3 is 0 Å². The number of thioether (sulfide) groups is 1. The summed E-state index contributed by atoms with van der Waals surface area (Å²) in [5, 5.41) is 8.47. The van der Waals surface area contributed by atoms with Crippen LogP contribution >= 0.6 is 35.5 Å². The van der Waals surface area contributed by atoms with Crippen LogP contribution in [0.4, 0.5) is 0 Å². The van der Waals surface area contributed by atoms with Crippen molar-refractivity contribution < 1.29 is 4.79 Å². The van der Waals surface area contributed by atoms with Crippen molar-refractivity contribution in [3.8, 4) is 0 Å². The maximum atomic E-state index is 12.4. The molecule has 1 aliphatic heterocycles. The number of halogens is 1. The van der Waals surface area contributed by atoms with Gasteiger partial charge in [0, 0.05) is 28.1 Å². The van der Waals surface area contributed by atoms with Gasteiger partial charge in [0.05, 0.1) is 5.56 Å². The second-order valence-electron chi connectivity index (χ2n) is 5.03. The molecule has 1 aliphatic rings. The topological polar surface area (TPSA) is 41.1 Å². The van der Waals surface area contributed by atoms with E-state index in [0.717, 1.165) is 35.7 Å². The predicted octanol–water partition coefficient (Wildman–Crippen LogP) is 3.55. The number of amides is 1. The van der Waals surface area contributed by atoms with Crippen LogP contribution in [0.2, 0.25) is 0 Å². The Kier molecular flexibility index (Phi) is 6.76. The number of benzene rings is 1. The van der Waals surface area contributed by atoms with Crippen LogP contribution in [0.5, 0.6) is 0 Å². The third-order valence-electron chi connectivity index (χ3n) is 3.48. The fraction of sp³-hybridized carbons (Fsp3) is 0.312. The normalized spacial score (nSPS) is 17.0. The monoisotopic (exact) mass is 354 g/mol. The van der Waals surface area contributed by atoms with Crippen molar-refractivity contribution in [3.63, 3.8) is 0 Å². The van der Waals surface area contributed by atoms with Gasteiger partial charge in [0.1, 0.15) is 0 Å². The molecule has 0 spiro atoms. The van der Waals surface area contributed by atoms with Gasteiger partial charge in [-0.15, -0.1) is 35.5 Å². The minimum Gasteiger partial charge on any atom is -0.348 e. The van der Waals surface area contributed by atoms with Gasteiger partial charge in [0.15, 0.2) is 0 Å². The first kappa shape index (κ1) is 17.3. The van der Waals surface area contributed by atoms with E-state index in [4.69, 9.17) is 0 Å². The fourth-order valence-electron chi connectivity index (χ4n) is 2.36. The second-order valence-corrected chi connectivity index (χ2v) is 7.08. The lowest BCUT2D eigenvalue weighted by atomic mass is 10.2. The highest BCUT2D eigenvalue weighted by molar-refractivity contribution is 7.98. The Balaban J connectivity index is 0.00000176. The second kappa shape index (κ2) is 8.58. The van der Waals surface area contributed by atoms with Crippen molar-refractivity contribution in [2.75, 3.05) is 13.1 Å². The van der Waals surface area contributed by atoms with Crippen molar-refractivity contribution in [1.29, 1.82) is 0 Å². The summed E-state index contributed by atoms with van der Waals surface area (Å²) in [7, 11) is 0. The number of thiophene rings is 1. The summed E-state index contributed by atoms with van der Waals surface area (Å²) < 4.78 is 0. The van der Waals surface area contributed by atoms with E-state index in [1.54, 1.807) is 23.1 Å². The molecule has 1 saturated heterocycles. The summed E-state index contributed by atoms with van der Waals surface area (Å²) in [6, 6.07) is 12.3. The quantitative estimate of drug-likeness (QED) is 0.807. The van der Waals surface area contributed by atoms with Crippen LogP contribution in [0.3, 0.4) is 0 Å². The third-order valence-corrected chi connectivity index (χ3v) is 5.66. The summed E-state index contributed by atoms with van der Waals surface area (Å²) in [4.78, 5) is 14.8. The Hall–Kier alpha value is -1.01. The van der Waals surface area contributed by atoms with Crippen LogP contribution in [-0.2, 0) is 5.75 Å². The Morgan fingerprint density at radius 1 is 1.32 bits per heavy atom. The van der Waals surface area contributed by atoms with Crippen molar-refractivity contribution in [2.24, 2.45) is 0 Å². The minimum atomic E-state index is 0. The Morgan fingerprint density at radius 2 is 2.18 bits per heavy atom. The Bertz CT molecular complexity index is 598. The number of hydrogen-bond acceptors (Lipinski definition) is 4. The average molecular weight is 355 g/mol.